The van der Waals surface area contributed by atoms with Crippen molar-refractivity contribution < 1.29 is 4.92 Å². The molecule has 0 aliphatic carbocycles. The van der Waals surface area contributed by atoms with Gasteiger partial charge in [0.2, 0.25) is 0 Å². The molecule has 0 amide bonds. The average molecular weight is 252 g/mol. The Labute approximate surface area is 103 Å². The first-order valence-corrected chi connectivity index (χ1v) is 5.51. The Hall–Kier alpha value is -1.88. The SMILES string of the molecule is Cc1[nH]c(-c2cccc([N+](=O)[O-])c2)nc1CCl. The van der Waals surface area contributed by atoms with Gasteiger partial charge in [0.1, 0.15) is 5.82 Å². The summed E-state index contributed by atoms with van der Waals surface area (Å²) >= 11 is 5.72. The highest BCUT2D eigenvalue weighted by Gasteiger charge is 2.11. The molecule has 1 N–H and O–H groups in total. The average Bonchev–Trinajstić information content (AvgIpc) is 2.71. The number of non-ortho nitro benzene ring substituents is 1. The van der Waals surface area contributed by atoms with Crippen LogP contribution in [0.25, 0.3) is 11.4 Å². The fourth-order valence-corrected chi connectivity index (χ4v) is 1.79. The zero-order valence-corrected chi connectivity index (χ0v) is 9.86. The lowest BCUT2D eigenvalue weighted by molar-refractivity contribution is -0.384. The number of nitrogens with zero attached hydrogens (tertiary/aromatic N) is 2. The smallest absolute Gasteiger partial charge is 0.270 e. The molecule has 17 heavy (non-hydrogen) atoms. The molecule has 0 atom stereocenters. The summed E-state index contributed by atoms with van der Waals surface area (Å²) < 4.78 is 0. The number of hydrogen-bond acceptors (Lipinski definition) is 3. The number of rotatable bonds is 3. The Balaban J connectivity index is 2.45. The Morgan fingerprint density at radius 1 is 1.53 bits per heavy atom. The van der Waals surface area contributed by atoms with Crippen molar-refractivity contribution in [3.8, 4) is 11.4 Å². The number of nitro benzene ring substituents is 1. The molecule has 88 valence electrons. The summed E-state index contributed by atoms with van der Waals surface area (Å²) in [5.41, 5.74) is 2.36. The van der Waals surface area contributed by atoms with Crippen molar-refractivity contribution in [2.24, 2.45) is 0 Å². The van der Waals surface area contributed by atoms with Crippen LogP contribution < -0.4 is 0 Å². The number of nitrogens with one attached hydrogen (secondary N) is 1. The first-order valence-electron chi connectivity index (χ1n) is 4.98. The number of aromatic nitrogens is 2. The monoisotopic (exact) mass is 251 g/mol. The van der Waals surface area contributed by atoms with Gasteiger partial charge in [0.15, 0.2) is 0 Å². The van der Waals surface area contributed by atoms with Crippen LogP contribution in [-0.2, 0) is 5.88 Å². The van der Waals surface area contributed by atoms with Gasteiger partial charge in [-0.15, -0.1) is 11.6 Å². The van der Waals surface area contributed by atoms with Gasteiger partial charge in [-0.05, 0) is 6.92 Å². The highest BCUT2D eigenvalue weighted by atomic mass is 35.5. The zero-order chi connectivity index (χ0) is 12.4. The first-order chi connectivity index (χ1) is 8.11. The Kier molecular flexibility index (Phi) is 3.10. The normalized spacial score (nSPS) is 10.5. The Morgan fingerprint density at radius 3 is 2.88 bits per heavy atom. The Morgan fingerprint density at radius 2 is 2.29 bits per heavy atom. The second kappa shape index (κ2) is 4.55. The minimum absolute atomic E-state index is 0.0453. The van der Waals surface area contributed by atoms with Crippen molar-refractivity contribution in [2.75, 3.05) is 0 Å². The molecule has 0 saturated heterocycles. The van der Waals surface area contributed by atoms with Crippen LogP contribution in [0.3, 0.4) is 0 Å². The molecule has 0 aliphatic rings. The molecule has 0 bridgehead atoms. The molecule has 0 fully saturated rings. The summed E-state index contributed by atoms with van der Waals surface area (Å²) in [5.74, 6) is 0.916. The van der Waals surface area contributed by atoms with E-state index in [4.69, 9.17) is 11.6 Å². The maximum absolute atomic E-state index is 10.7. The first kappa shape index (κ1) is 11.6. The van der Waals surface area contributed by atoms with Crippen molar-refractivity contribution in [2.45, 2.75) is 12.8 Å². The number of aryl methyl sites for hydroxylation is 1. The second-order valence-electron chi connectivity index (χ2n) is 3.60. The molecular formula is C11H10ClN3O2. The molecule has 1 heterocycles. The van der Waals surface area contributed by atoms with Gasteiger partial charge >= 0.3 is 0 Å². The van der Waals surface area contributed by atoms with E-state index in [2.05, 4.69) is 9.97 Å². The predicted octanol–water partition coefficient (Wildman–Crippen LogP) is 3.03. The summed E-state index contributed by atoms with van der Waals surface area (Å²) in [6.45, 7) is 1.87. The van der Waals surface area contributed by atoms with Gasteiger partial charge in [-0.3, -0.25) is 10.1 Å². The van der Waals surface area contributed by atoms with Crippen LogP contribution in [0, 0.1) is 17.0 Å². The maximum atomic E-state index is 10.7. The molecule has 0 spiro atoms. The van der Waals surface area contributed by atoms with Crippen LogP contribution in [0.15, 0.2) is 24.3 Å². The third-order valence-electron chi connectivity index (χ3n) is 2.44. The molecule has 0 aliphatic heterocycles. The molecule has 6 heteroatoms. The van der Waals surface area contributed by atoms with E-state index in [-0.39, 0.29) is 5.69 Å². The van der Waals surface area contributed by atoms with E-state index in [0.717, 1.165) is 11.4 Å². The summed E-state index contributed by atoms with van der Waals surface area (Å²) in [6.07, 6.45) is 0. The van der Waals surface area contributed by atoms with E-state index in [0.29, 0.717) is 17.3 Å². The lowest BCUT2D eigenvalue weighted by Crippen LogP contribution is -1.89. The minimum Gasteiger partial charge on any atom is -0.342 e. The fourth-order valence-electron chi connectivity index (χ4n) is 1.53. The van der Waals surface area contributed by atoms with Crippen molar-refractivity contribution in [3.63, 3.8) is 0 Å². The predicted molar refractivity (Wildman–Crippen MR) is 65.0 cm³/mol. The molecule has 0 unspecified atom stereocenters. The second-order valence-corrected chi connectivity index (χ2v) is 3.87. The van der Waals surface area contributed by atoms with Crippen LogP contribution in [0.4, 0.5) is 5.69 Å². The lowest BCUT2D eigenvalue weighted by Gasteiger charge is -1.96. The molecule has 0 saturated carbocycles. The lowest BCUT2D eigenvalue weighted by atomic mass is 10.2. The number of benzene rings is 1. The van der Waals surface area contributed by atoms with E-state index in [1.807, 2.05) is 6.92 Å². The minimum atomic E-state index is -0.429. The third kappa shape index (κ3) is 2.29. The molecule has 2 aromatic rings. The van der Waals surface area contributed by atoms with Gasteiger partial charge in [-0.25, -0.2) is 4.98 Å². The van der Waals surface area contributed by atoms with Gasteiger partial charge in [-0.2, -0.15) is 0 Å². The summed E-state index contributed by atoms with van der Waals surface area (Å²) in [6, 6.07) is 6.33. The van der Waals surface area contributed by atoms with E-state index < -0.39 is 4.92 Å². The van der Waals surface area contributed by atoms with Gasteiger partial charge in [0, 0.05) is 23.4 Å². The number of imidazole rings is 1. The molecule has 1 aromatic heterocycles. The van der Waals surface area contributed by atoms with E-state index in [1.54, 1.807) is 12.1 Å². The van der Waals surface area contributed by atoms with Gasteiger partial charge in [-0.1, -0.05) is 12.1 Å². The largest absolute Gasteiger partial charge is 0.342 e. The third-order valence-corrected chi connectivity index (χ3v) is 2.70. The quantitative estimate of drug-likeness (QED) is 0.518. The van der Waals surface area contributed by atoms with Crippen LogP contribution in [0.5, 0.6) is 0 Å². The van der Waals surface area contributed by atoms with E-state index in [9.17, 15) is 10.1 Å². The van der Waals surface area contributed by atoms with Crippen molar-refractivity contribution in [3.05, 3.63) is 45.8 Å². The van der Waals surface area contributed by atoms with Gasteiger partial charge in [0.25, 0.3) is 5.69 Å². The number of nitro groups is 1. The zero-order valence-electron chi connectivity index (χ0n) is 9.11. The maximum Gasteiger partial charge on any atom is 0.270 e. The Bertz CT molecular complexity index is 566. The van der Waals surface area contributed by atoms with Crippen molar-refractivity contribution >= 4 is 17.3 Å². The highest BCUT2D eigenvalue weighted by molar-refractivity contribution is 6.17. The van der Waals surface area contributed by atoms with Crippen LogP contribution >= 0.6 is 11.6 Å². The molecule has 1 aromatic carbocycles. The number of halogens is 1. The van der Waals surface area contributed by atoms with Crippen molar-refractivity contribution in [1.29, 1.82) is 0 Å². The summed E-state index contributed by atoms with van der Waals surface area (Å²) in [4.78, 5) is 17.6. The number of H-pyrrole nitrogens is 1. The van der Waals surface area contributed by atoms with Crippen LogP contribution in [0.2, 0.25) is 0 Å². The number of hydrogen-bond donors (Lipinski definition) is 1. The van der Waals surface area contributed by atoms with Gasteiger partial charge < -0.3 is 4.98 Å². The number of alkyl halides is 1. The molecule has 5 nitrogen and oxygen atoms in total. The van der Waals surface area contributed by atoms with Crippen LogP contribution in [-0.4, -0.2) is 14.9 Å². The summed E-state index contributed by atoms with van der Waals surface area (Å²) in [7, 11) is 0. The molecule has 2 rings (SSSR count). The van der Waals surface area contributed by atoms with E-state index >= 15 is 0 Å². The van der Waals surface area contributed by atoms with Gasteiger partial charge in [0.05, 0.1) is 16.5 Å². The molecule has 0 radical (unpaired) electrons. The fraction of sp³-hybridized carbons (Fsp3) is 0.182. The standard InChI is InChI=1S/C11H10ClN3O2/c1-7-10(6-12)14-11(13-7)8-3-2-4-9(5-8)15(16)17/h2-5H,6H2,1H3,(H,13,14). The van der Waals surface area contributed by atoms with E-state index in [1.165, 1.54) is 12.1 Å². The molecular weight excluding hydrogens is 242 g/mol. The highest BCUT2D eigenvalue weighted by Crippen LogP contribution is 2.23. The van der Waals surface area contributed by atoms with Crippen LogP contribution in [0.1, 0.15) is 11.4 Å². The topological polar surface area (TPSA) is 71.8 Å². The number of aromatic amines is 1. The van der Waals surface area contributed by atoms with Crippen molar-refractivity contribution in [1.82, 2.24) is 9.97 Å². The summed E-state index contributed by atoms with van der Waals surface area (Å²) in [5, 5.41) is 10.7.